The lowest BCUT2D eigenvalue weighted by atomic mass is 9.77. The van der Waals surface area contributed by atoms with Crippen molar-refractivity contribution in [1.82, 2.24) is 9.80 Å². The predicted molar refractivity (Wildman–Crippen MR) is 156 cm³/mol. The zero-order chi connectivity index (χ0) is 26.0. The minimum Gasteiger partial charge on any atom is -0.492 e. The number of hydrogen-bond donors (Lipinski definition) is 0. The molecular formula is C34H42N2O2. The summed E-state index contributed by atoms with van der Waals surface area (Å²) in [6, 6.07) is 28.0. The first-order valence-corrected chi connectivity index (χ1v) is 14.4. The maximum absolute atomic E-state index is 6.09. The minimum atomic E-state index is 0.146. The molecule has 1 unspecified atom stereocenters. The summed E-state index contributed by atoms with van der Waals surface area (Å²) >= 11 is 0. The van der Waals surface area contributed by atoms with Gasteiger partial charge in [0.25, 0.3) is 0 Å². The van der Waals surface area contributed by atoms with E-state index in [1.165, 1.54) is 68.6 Å². The molecule has 0 radical (unpaired) electrons. The van der Waals surface area contributed by atoms with Gasteiger partial charge in [0.2, 0.25) is 0 Å². The van der Waals surface area contributed by atoms with Crippen LogP contribution in [-0.2, 0) is 0 Å². The molecule has 0 aromatic heterocycles. The summed E-state index contributed by atoms with van der Waals surface area (Å²) in [7, 11) is 0. The fourth-order valence-electron chi connectivity index (χ4n) is 5.89. The largest absolute Gasteiger partial charge is 0.492 e. The zero-order valence-electron chi connectivity index (χ0n) is 22.6. The Labute approximate surface area is 228 Å². The van der Waals surface area contributed by atoms with Crippen molar-refractivity contribution < 1.29 is 9.47 Å². The number of ether oxygens (including phenoxy) is 2. The first-order chi connectivity index (χ1) is 18.8. The highest BCUT2D eigenvalue weighted by molar-refractivity contribution is 5.43. The van der Waals surface area contributed by atoms with Crippen molar-refractivity contribution in [2.75, 3.05) is 52.5 Å². The van der Waals surface area contributed by atoms with Crippen molar-refractivity contribution in [1.29, 1.82) is 0 Å². The van der Waals surface area contributed by atoms with Gasteiger partial charge in [-0.05, 0) is 92.8 Å². The zero-order valence-corrected chi connectivity index (χ0v) is 22.6. The maximum atomic E-state index is 6.09. The third-order valence-electron chi connectivity index (χ3n) is 8.03. The molecule has 1 atom stereocenters. The highest BCUT2D eigenvalue weighted by Crippen LogP contribution is 2.40. The lowest BCUT2D eigenvalue weighted by molar-refractivity contribution is 0.237. The minimum absolute atomic E-state index is 0.146. The molecule has 0 aliphatic carbocycles. The number of likely N-dealkylation sites (tertiary alicyclic amines) is 2. The molecule has 38 heavy (non-hydrogen) atoms. The van der Waals surface area contributed by atoms with E-state index in [0.29, 0.717) is 0 Å². The van der Waals surface area contributed by atoms with Gasteiger partial charge in [0.15, 0.2) is 0 Å². The molecule has 4 nitrogen and oxygen atoms in total. The number of benzene rings is 3. The summed E-state index contributed by atoms with van der Waals surface area (Å²) in [6.45, 7) is 12.5. The highest BCUT2D eigenvalue weighted by Gasteiger charge is 2.24. The van der Waals surface area contributed by atoms with Crippen LogP contribution < -0.4 is 9.47 Å². The van der Waals surface area contributed by atoms with Crippen molar-refractivity contribution in [3.05, 3.63) is 108 Å². The number of rotatable bonds is 13. The second kappa shape index (κ2) is 13.6. The van der Waals surface area contributed by atoms with Crippen LogP contribution in [0, 0.1) is 0 Å². The summed E-state index contributed by atoms with van der Waals surface area (Å²) in [5.74, 6) is 2.17. The van der Waals surface area contributed by atoms with Crippen molar-refractivity contribution in [3.63, 3.8) is 0 Å². The van der Waals surface area contributed by atoms with Crippen LogP contribution >= 0.6 is 0 Å². The number of allylic oxidation sites excluding steroid dienone is 1. The molecule has 2 fully saturated rings. The van der Waals surface area contributed by atoms with Gasteiger partial charge >= 0.3 is 0 Å². The molecule has 3 aromatic carbocycles. The summed E-state index contributed by atoms with van der Waals surface area (Å²) in [6.07, 6.45) is 7.34. The molecule has 0 bridgehead atoms. The summed E-state index contributed by atoms with van der Waals surface area (Å²) in [5.41, 5.74) is 3.78. The average molecular weight is 511 g/mol. The average Bonchev–Trinajstić information content (AvgIpc) is 3.68. The predicted octanol–water partition coefficient (Wildman–Crippen LogP) is 6.74. The van der Waals surface area contributed by atoms with Gasteiger partial charge in [0, 0.05) is 24.9 Å². The normalized spacial score (nSPS) is 17.1. The van der Waals surface area contributed by atoms with Crippen LogP contribution in [-0.4, -0.2) is 62.3 Å². The molecule has 0 spiro atoms. The van der Waals surface area contributed by atoms with E-state index in [0.717, 1.165) is 37.8 Å². The monoisotopic (exact) mass is 510 g/mol. The van der Waals surface area contributed by atoms with Crippen molar-refractivity contribution in [3.8, 4) is 11.5 Å². The van der Waals surface area contributed by atoms with Crippen molar-refractivity contribution >= 4 is 0 Å². The van der Waals surface area contributed by atoms with E-state index in [9.17, 15) is 0 Å². The maximum Gasteiger partial charge on any atom is 0.119 e. The molecule has 2 aliphatic rings. The van der Waals surface area contributed by atoms with Gasteiger partial charge in [-0.3, -0.25) is 9.80 Å². The first kappa shape index (κ1) is 26.5. The molecule has 0 N–H and O–H groups in total. The second-order valence-electron chi connectivity index (χ2n) is 10.6. The standard InChI is InChI=1S/C34H42N2O2/c1-2-33(28-10-4-3-5-11-28)34(29-12-16-31(17-13-29)37-26-24-35-20-6-7-21-35)30-14-18-32(19-15-30)38-27-25-36-22-8-9-23-36/h2-5,10-19,33-34H,1,6-9,20-27H2. The number of nitrogens with zero attached hydrogens (tertiary/aromatic N) is 2. The Morgan fingerprint density at radius 1 is 0.605 bits per heavy atom. The van der Waals surface area contributed by atoms with E-state index in [1.54, 1.807) is 0 Å². The summed E-state index contributed by atoms with van der Waals surface area (Å²) in [4.78, 5) is 4.97. The van der Waals surface area contributed by atoms with Crippen LogP contribution in [0.15, 0.2) is 91.5 Å². The van der Waals surface area contributed by atoms with E-state index in [4.69, 9.17) is 9.47 Å². The van der Waals surface area contributed by atoms with E-state index in [2.05, 4.69) is 101 Å². The lowest BCUT2D eigenvalue weighted by Crippen LogP contribution is -2.25. The van der Waals surface area contributed by atoms with E-state index < -0.39 is 0 Å². The van der Waals surface area contributed by atoms with Crippen LogP contribution in [0.25, 0.3) is 0 Å². The smallest absolute Gasteiger partial charge is 0.119 e. The quantitative estimate of drug-likeness (QED) is 0.238. The van der Waals surface area contributed by atoms with E-state index in [-0.39, 0.29) is 11.8 Å². The fraction of sp³-hybridized carbons (Fsp3) is 0.412. The van der Waals surface area contributed by atoms with Crippen LogP contribution in [0.3, 0.4) is 0 Å². The highest BCUT2D eigenvalue weighted by atomic mass is 16.5. The van der Waals surface area contributed by atoms with Crippen LogP contribution in [0.4, 0.5) is 0 Å². The Morgan fingerprint density at radius 2 is 1.05 bits per heavy atom. The van der Waals surface area contributed by atoms with Gasteiger partial charge in [0.05, 0.1) is 0 Å². The molecule has 0 saturated carbocycles. The first-order valence-electron chi connectivity index (χ1n) is 14.4. The molecular weight excluding hydrogens is 468 g/mol. The van der Waals surface area contributed by atoms with Gasteiger partial charge in [-0.1, -0.05) is 60.7 Å². The summed E-state index contributed by atoms with van der Waals surface area (Å²) in [5, 5.41) is 0. The van der Waals surface area contributed by atoms with Crippen molar-refractivity contribution in [2.24, 2.45) is 0 Å². The summed E-state index contributed by atoms with van der Waals surface area (Å²) < 4.78 is 12.2. The van der Waals surface area contributed by atoms with Crippen LogP contribution in [0.2, 0.25) is 0 Å². The molecule has 4 heteroatoms. The van der Waals surface area contributed by atoms with Gasteiger partial charge in [0.1, 0.15) is 24.7 Å². The number of hydrogen-bond acceptors (Lipinski definition) is 4. The Morgan fingerprint density at radius 3 is 1.47 bits per heavy atom. The topological polar surface area (TPSA) is 24.9 Å². The fourth-order valence-corrected chi connectivity index (χ4v) is 5.89. The van der Waals surface area contributed by atoms with Gasteiger partial charge in [-0.25, -0.2) is 0 Å². The van der Waals surface area contributed by atoms with Gasteiger partial charge in [-0.15, -0.1) is 6.58 Å². The lowest BCUT2D eigenvalue weighted by Gasteiger charge is -2.27. The molecule has 200 valence electrons. The molecule has 2 saturated heterocycles. The Hall–Kier alpha value is -3.08. The second-order valence-corrected chi connectivity index (χ2v) is 10.6. The molecule has 2 aliphatic heterocycles. The Balaban J connectivity index is 1.30. The van der Waals surface area contributed by atoms with Gasteiger partial charge < -0.3 is 9.47 Å². The van der Waals surface area contributed by atoms with E-state index in [1.807, 2.05) is 0 Å². The van der Waals surface area contributed by atoms with Crippen LogP contribution in [0.1, 0.15) is 54.2 Å². The van der Waals surface area contributed by atoms with E-state index >= 15 is 0 Å². The molecule has 3 aromatic rings. The third kappa shape index (κ3) is 7.06. The SMILES string of the molecule is C=CC(c1ccccc1)C(c1ccc(OCCN2CCCC2)cc1)c1ccc(OCCN2CCCC2)cc1. The molecule has 0 amide bonds. The molecule has 5 rings (SSSR count). The van der Waals surface area contributed by atoms with Gasteiger partial charge in [-0.2, -0.15) is 0 Å². The third-order valence-corrected chi connectivity index (χ3v) is 8.03. The molecule has 2 heterocycles. The van der Waals surface area contributed by atoms with Crippen LogP contribution in [0.5, 0.6) is 11.5 Å². The Kier molecular flexibility index (Phi) is 9.52. The van der Waals surface area contributed by atoms with Crippen molar-refractivity contribution in [2.45, 2.75) is 37.5 Å². The Bertz CT molecular complexity index is 1040.